The molecule has 3 amide bonds. The van der Waals surface area contributed by atoms with Gasteiger partial charge in [0.1, 0.15) is 5.69 Å². The number of quaternary nitrogens is 1. The molecule has 2 aliphatic heterocycles. The Bertz CT molecular complexity index is 1390. The average Bonchev–Trinajstić information content (AvgIpc) is 3.41. The molecule has 0 aliphatic carbocycles. The molecular formula is C25H32N7O4+. The van der Waals surface area contributed by atoms with Crippen LogP contribution in [0.3, 0.4) is 0 Å². The molecule has 2 aliphatic rings. The molecule has 1 saturated heterocycles. The molecule has 11 heteroatoms. The molecular weight excluding hydrogens is 462 g/mol. The first-order valence-corrected chi connectivity index (χ1v) is 12.4. The largest absolute Gasteiger partial charge is 0.520 e. The Labute approximate surface area is 208 Å². The van der Waals surface area contributed by atoms with E-state index in [1.807, 2.05) is 39.8 Å². The van der Waals surface area contributed by atoms with E-state index in [1.54, 1.807) is 11.0 Å². The summed E-state index contributed by atoms with van der Waals surface area (Å²) in [6.45, 7) is 8.49. The van der Waals surface area contributed by atoms with Crippen molar-refractivity contribution in [2.24, 2.45) is 5.73 Å². The van der Waals surface area contributed by atoms with Crippen molar-refractivity contribution in [3.63, 3.8) is 0 Å². The van der Waals surface area contributed by atoms with Crippen LogP contribution in [0, 0.1) is 0 Å². The van der Waals surface area contributed by atoms with Crippen LogP contribution in [0.4, 0.5) is 21.1 Å². The number of fused-ring (bicyclic) bond motifs is 2. The molecule has 11 nitrogen and oxygen atoms in total. The van der Waals surface area contributed by atoms with Crippen molar-refractivity contribution >= 4 is 40.6 Å². The van der Waals surface area contributed by atoms with Crippen molar-refractivity contribution in [1.82, 2.24) is 24.2 Å². The third-order valence-corrected chi connectivity index (χ3v) is 7.58. The van der Waals surface area contributed by atoms with Gasteiger partial charge in [-0.15, -0.1) is 4.68 Å². The minimum absolute atomic E-state index is 0.00716. The summed E-state index contributed by atoms with van der Waals surface area (Å²) in [6, 6.07) is 4.58. The van der Waals surface area contributed by atoms with Crippen LogP contribution in [0.5, 0.6) is 0 Å². The topological polar surface area (TPSA) is 147 Å². The van der Waals surface area contributed by atoms with Crippen LogP contribution in [-0.4, -0.2) is 62.0 Å². The standard InChI is InChI=1S/C25H31N7O4/c1-14(2)30-19-12-17-16(11-15(19)25(3,4)22(30)33)27-21(28-17)18-13-20(31(29-18)23(26)34)32(24(35)36)9-7-5-6-8-10-32/h11-14H,5-10H2,1-4H3,(H3-,26,27,28,29,34,35,36)/p+1. The maximum Gasteiger partial charge on any atom is 0.520 e. The second-order valence-electron chi connectivity index (χ2n) is 10.6. The third-order valence-electron chi connectivity index (χ3n) is 7.58. The first kappa shape index (κ1) is 24.0. The number of carbonyl (C=O) groups excluding carboxylic acids is 2. The zero-order valence-electron chi connectivity index (χ0n) is 21.0. The zero-order chi connectivity index (χ0) is 26.0. The Balaban J connectivity index is 1.64. The number of aromatic amines is 1. The Morgan fingerprint density at radius 1 is 1.14 bits per heavy atom. The summed E-state index contributed by atoms with van der Waals surface area (Å²) in [5, 5.41) is 14.6. The van der Waals surface area contributed by atoms with Crippen LogP contribution >= 0.6 is 0 Å². The lowest BCUT2D eigenvalue weighted by molar-refractivity contribution is -0.122. The monoisotopic (exact) mass is 494 g/mol. The van der Waals surface area contributed by atoms with Crippen molar-refractivity contribution in [1.29, 1.82) is 0 Å². The fraction of sp³-hybridized carbons (Fsp3) is 0.480. The van der Waals surface area contributed by atoms with E-state index in [4.69, 9.17) is 10.7 Å². The predicted molar refractivity (Wildman–Crippen MR) is 136 cm³/mol. The lowest BCUT2D eigenvalue weighted by Crippen LogP contribution is -2.55. The highest BCUT2D eigenvalue weighted by molar-refractivity contribution is 6.09. The van der Waals surface area contributed by atoms with Crippen molar-refractivity contribution in [2.75, 3.05) is 18.0 Å². The van der Waals surface area contributed by atoms with Crippen LogP contribution in [0.25, 0.3) is 22.6 Å². The number of hydrogen-bond donors (Lipinski definition) is 3. The quantitative estimate of drug-likeness (QED) is 0.470. The third kappa shape index (κ3) is 3.41. The van der Waals surface area contributed by atoms with E-state index in [9.17, 15) is 19.5 Å². The fourth-order valence-corrected chi connectivity index (χ4v) is 5.61. The van der Waals surface area contributed by atoms with Gasteiger partial charge >= 0.3 is 12.1 Å². The lowest BCUT2D eigenvalue weighted by Gasteiger charge is -2.29. The number of rotatable bonds is 3. The van der Waals surface area contributed by atoms with Gasteiger partial charge in [0.05, 0.1) is 41.3 Å². The van der Waals surface area contributed by atoms with Crippen LogP contribution < -0.4 is 15.1 Å². The fourth-order valence-electron chi connectivity index (χ4n) is 5.61. The molecule has 190 valence electrons. The molecule has 1 aromatic carbocycles. The van der Waals surface area contributed by atoms with Crippen LogP contribution in [0.1, 0.15) is 58.9 Å². The summed E-state index contributed by atoms with van der Waals surface area (Å²) in [4.78, 5) is 47.6. The summed E-state index contributed by atoms with van der Waals surface area (Å²) in [5.41, 5.74) is 8.39. The SMILES string of the molecule is CC(C)N1C(=O)C(C)(C)c2cc3[nH]c(-c4cc([N+]5(C(=O)O)CCCCCC5)n(C(N)=O)n4)nc3cc21. The maximum atomic E-state index is 13.1. The summed E-state index contributed by atoms with van der Waals surface area (Å²) < 4.78 is 0.592. The minimum atomic E-state index is -1.03. The van der Waals surface area contributed by atoms with Crippen LogP contribution in [0.2, 0.25) is 0 Å². The molecule has 4 N–H and O–H groups in total. The number of aromatic nitrogens is 4. The molecule has 0 atom stereocenters. The number of nitrogens with one attached hydrogen (secondary N) is 1. The zero-order valence-corrected chi connectivity index (χ0v) is 21.0. The van der Waals surface area contributed by atoms with Gasteiger partial charge in [-0.2, -0.15) is 14.4 Å². The van der Waals surface area contributed by atoms with Crippen molar-refractivity contribution in [3.05, 3.63) is 23.8 Å². The normalized spacial score (nSPS) is 19.0. The second kappa shape index (κ2) is 8.16. The Hall–Kier alpha value is -3.73. The Morgan fingerprint density at radius 2 is 1.81 bits per heavy atom. The molecule has 0 unspecified atom stereocenters. The van der Waals surface area contributed by atoms with E-state index in [1.165, 1.54) is 0 Å². The molecule has 2 aromatic heterocycles. The minimum Gasteiger partial charge on any atom is -0.435 e. The Morgan fingerprint density at radius 3 is 2.39 bits per heavy atom. The molecule has 3 aromatic rings. The van der Waals surface area contributed by atoms with E-state index >= 15 is 0 Å². The molecule has 36 heavy (non-hydrogen) atoms. The highest BCUT2D eigenvalue weighted by Crippen LogP contribution is 2.44. The first-order valence-electron chi connectivity index (χ1n) is 12.4. The van der Waals surface area contributed by atoms with E-state index in [0.29, 0.717) is 30.1 Å². The van der Waals surface area contributed by atoms with E-state index in [-0.39, 0.29) is 17.8 Å². The number of likely N-dealkylation sites (tertiary alicyclic amines) is 1. The highest BCUT2D eigenvalue weighted by atomic mass is 16.4. The molecule has 0 spiro atoms. The number of imidazole rings is 1. The number of carboxylic acid groups (broad SMARTS) is 1. The van der Waals surface area contributed by atoms with Gasteiger partial charge in [0.15, 0.2) is 5.82 Å². The van der Waals surface area contributed by atoms with E-state index in [2.05, 4.69) is 10.1 Å². The van der Waals surface area contributed by atoms with Crippen molar-refractivity contribution in [3.8, 4) is 11.5 Å². The average molecular weight is 495 g/mol. The van der Waals surface area contributed by atoms with Gasteiger partial charge in [-0.25, -0.2) is 9.78 Å². The van der Waals surface area contributed by atoms with Gasteiger partial charge in [-0.05, 0) is 71.1 Å². The number of anilines is 1. The number of nitrogens with zero attached hydrogens (tertiary/aromatic N) is 5. The van der Waals surface area contributed by atoms with Gasteiger partial charge in [0.25, 0.3) is 0 Å². The first-order chi connectivity index (χ1) is 17.0. The van der Waals surface area contributed by atoms with Gasteiger partial charge in [-0.1, -0.05) is 0 Å². The Kier molecular flexibility index (Phi) is 5.43. The van der Waals surface area contributed by atoms with Crippen LogP contribution in [0.15, 0.2) is 18.2 Å². The lowest BCUT2D eigenvalue weighted by atomic mass is 9.86. The number of nitrogens with two attached hydrogens (primary N) is 1. The van der Waals surface area contributed by atoms with Gasteiger partial charge in [-0.3, -0.25) is 4.79 Å². The van der Waals surface area contributed by atoms with E-state index in [0.717, 1.165) is 47.1 Å². The molecule has 0 bridgehead atoms. The molecule has 1 fully saturated rings. The van der Waals surface area contributed by atoms with E-state index < -0.39 is 22.0 Å². The van der Waals surface area contributed by atoms with Crippen molar-refractivity contribution < 1.29 is 19.5 Å². The molecule has 0 radical (unpaired) electrons. The second-order valence-corrected chi connectivity index (χ2v) is 10.6. The predicted octanol–water partition coefficient (Wildman–Crippen LogP) is 3.95. The van der Waals surface area contributed by atoms with Gasteiger partial charge in [0.2, 0.25) is 11.7 Å². The molecule has 4 heterocycles. The number of amides is 3. The number of carbonyl (C=O) groups is 3. The summed E-state index contributed by atoms with van der Waals surface area (Å²) in [5.74, 6) is 0.673. The number of benzene rings is 1. The number of hydrogen-bond acceptors (Lipinski definition) is 5. The van der Waals surface area contributed by atoms with Gasteiger partial charge < -0.3 is 20.7 Å². The molecule has 0 saturated carbocycles. The smallest absolute Gasteiger partial charge is 0.435 e. The molecule has 5 rings (SSSR count). The summed E-state index contributed by atoms with van der Waals surface area (Å²) >= 11 is 0. The number of primary amides is 1. The summed E-state index contributed by atoms with van der Waals surface area (Å²) in [6.07, 6.45) is 2.29. The van der Waals surface area contributed by atoms with Crippen LogP contribution in [-0.2, 0) is 10.2 Å². The highest BCUT2D eigenvalue weighted by Gasteiger charge is 2.46. The maximum absolute atomic E-state index is 13.1. The van der Waals surface area contributed by atoms with Gasteiger partial charge in [0, 0.05) is 6.04 Å². The number of H-pyrrole nitrogens is 1. The van der Waals surface area contributed by atoms with Crippen molar-refractivity contribution in [2.45, 2.75) is 64.8 Å². The summed E-state index contributed by atoms with van der Waals surface area (Å²) in [7, 11) is 0.